The fourth-order valence-electron chi connectivity index (χ4n) is 3.96. The Hall–Kier alpha value is -3.77. The third kappa shape index (κ3) is 4.45. The molecule has 2 fully saturated rings. The Morgan fingerprint density at radius 3 is 2.44 bits per heavy atom. The standard InChI is InChI=1S/C23H24N4O5/c1-30-20-11-9-19(10-12-20)25-21(28)32-27-23(13-3-2-4-14-23)31-22(29)26(27)16-18-7-5-17(15-24)6-8-18/h5-12H,2-4,13-14,16H2,1H3,(H,25,28). The van der Waals surface area contributed by atoms with Gasteiger partial charge in [-0.25, -0.2) is 9.59 Å². The van der Waals surface area contributed by atoms with Crippen LogP contribution in [-0.4, -0.2) is 35.2 Å². The van der Waals surface area contributed by atoms with Gasteiger partial charge in [-0.15, -0.1) is 0 Å². The van der Waals surface area contributed by atoms with Crippen LogP contribution in [0.25, 0.3) is 0 Å². The van der Waals surface area contributed by atoms with Gasteiger partial charge < -0.3 is 14.3 Å². The second kappa shape index (κ2) is 9.16. The predicted molar refractivity (Wildman–Crippen MR) is 114 cm³/mol. The molecule has 2 aromatic rings. The van der Waals surface area contributed by atoms with Crippen molar-refractivity contribution in [3.8, 4) is 11.8 Å². The summed E-state index contributed by atoms with van der Waals surface area (Å²) in [7, 11) is 1.56. The fourth-order valence-corrected chi connectivity index (χ4v) is 3.96. The van der Waals surface area contributed by atoms with Crippen LogP contribution >= 0.6 is 0 Å². The lowest BCUT2D eigenvalue weighted by Gasteiger charge is -2.37. The summed E-state index contributed by atoms with van der Waals surface area (Å²) in [4.78, 5) is 31.1. The van der Waals surface area contributed by atoms with Gasteiger partial charge in [0.2, 0.25) is 5.72 Å². The van der Waals surface area contributed by atoms with Crippen LogP contribution in [0.2, 0.25) is 0 Å². The zero-order chi connectivity index (χ0) is 22.6. The van der Waals surface area contributed by atoms with Crippen molar-refractivity contribution in [3.63, 3.8) is 0 Å². The Morgan fingerprint density at radius 1 is 1.12 bits per heavy atom. The number of carbonyl (C=O) groups excluding carboxylic acids is 2. The molecule has 2 aromatic carbocycles. The third-order valence-electron chi connectivity index (χ3n) is 5.61. The first kappa shape index (κ1) is 21.5. The topological polar surface area (TPSA) is 104 Å². The molecule has 9 nitrogen and oxygen atoms in total. The number of hydrogen-bond donors (Lipinski definition) is 1. The lowest BCUT2D eigenvalue weighted by molar-refractivity contribution is -0.298. The molecule has 9 heteroatoms. The average molecular weight is 436 g/mol. The quantitative estimate of drug-likeness (QED) is 0.733. The zero-order valence-corrected chi connectivity index (χ0v) is 17.7. The van der Waals surface area contributed by atoms with Gasteiger partial charge in [0.1, 0.15) is 5.75 Å². The summed E-state index contributed by atoms with van der Waals surface area (Å²) in [5.74, 6) is 0.664. The highest BCUT2D eigenvalue weighted by Gasteiger charge is 2.55. The molecule has 0 atom stereocenters. The number of ether oxygens (including phenoxy) is 2. The molecule has 0 bridgehead atoms. The predicted octanol–water partition coefficient (Wildman–Crippen LogP) is 4.56. The highest BCUT2D eigenvalue weighted by Crippen LogP contribution is 2.41. The summed E-state index contributed by atoms with van der Waals surface area (Å²) in [6.45, 7) is 0.141. The van der Waals surface area contributed by atoms with Crippen molar-refractivity contribution in [2.75, 3.05) is 12.4 Å². The van der Waals surface area contributed by atoms with Crippen LogP contribution in [0.4, 0.5) is 15.3 Å². The normalized spacial score (nSPS) is 17.5. The highest BCUT2D eigenvalue weighted by molar-refractivity contribution is 5.84. The van der Waals surface area contributed by atoms with E-state index in [0.717, 1.165) is 24.8 Å². The molecule has 32 heavy (non-hydrogen) atoms. The molecule has 1 saturated heterocycles. The second-order valence-electron chi connectivity index (χ2n) is 7.75. The van der Waals surface area contributed by atoms with Crippen LogP contribution in [-0.2, 0) is 16.1 Å². The van der Waals surface area contributed by atoms with E-state index in [2.05, 4.69) is 11.4 Å². The Labute approximate surface area is 186 Å². The number of hydrazine groups is 1. The number of hydrogen-bond acceptors (Lipinski definition) is 7. The lowest BCUT2D eigenvalue weighted by atomic mass is 9.92. The van der Waals surface area contributed by atoms with Crippen molar-refractivity contribution < 1.29 is 23.9 Å². The van der Waals surface area contributed by atoms with Gasteiger partial charge in [0.25, 0.3) is 0 Å². The molecule has 1 heterocycles. The minimum atomic E-state index is -1.01. The van der Waals surface area contributed by atoms with Gasteiger partial charge >= 0.3 is 12.2 Å². The van der Waals surface area contributed by atoms with E-state index in [1.807, 2.05) is 0 Å². The van der Waals surface area contributed by atoms with Crippen molar-refractivity contribution in [1.82, 2.24) is 10.2 Å². The van der Waals surface area contributed by atoms with Gasteiger partial charge in [0.05, 0.1) is 25.3 Å². The van der Waals surface area contributed by atoms with E-state index in [4.69, 9.17) is 19.6 Å². The van der Waals surface area contributed by atoms with Crippen LogP contribution in [0.5, 0.6) is 5.75 Å². The van der Waals surface area contributed by atoms with Crippen LogP contribution in [0.15, 0.2) is 48.5 Å². The first-order valence-corrected chi connectivity index (χ1v) is 10.5. The SMILES string of the molecule is COc1ccc(NC(=O)ON2N(Cc3ccc(C#N)cc3)C(=O)OC23CCCCC3)cc1. The van der Waals surface area contributed by atoms with Crippen molar-refractivity contribution >= 4 is 17.9 Å². The Bertz CT molecular complexity index is 1010. The summed E-state index contributed by atoms with van der Waals surface area (Å²) in [6.07, 6.45) is 2.57. The first-order chi connectivity index (χ1) is 15.5. The number of hydroxylamine groups is 1. The summed E-state index contributed by atoms with van der Waals surface area (Å²) < 4.78 is 10.9. The molecular formula is C23H24N4O5. The van der Waals surface area contributed by atoms with E-state index in [0.29, 0.717) is 29.8 Å². The number of nitrogens with zero attached hydrogens (tertiary/aromatic N) is 3. The van der Waals surface area contributed by atoms with Gasteiger partial charge in [-0.2, -0.15) is 10.3 Å². The summed E-state index contributed by atoms with van der Waals surface area (Å²) in [5, 5.41) is 14.2. The number of anilines is 1. The molecule has 2 amide bonds. The summed E-state index contributed by atoms with van der Waals surface area (Å²) in [5.41, 5.74) is 0.809. The van der Waals surface area contributed by atoms with Gasteiger partial charge in [0, 0.05) is 23.7 Å². The number of nitrogens with one attached hydrogen (secondary N) is 1. The maximum absolute atomic E-state index is 12.8. The van der Waals surface area contributed by atoms with Gasteiger partial charge in [-0.3, -0.25) is 5.32 Å². The minimum Gasteiger partial charge on any atom is -0.497 e. The highest BCUT2D eigenvalue weighted by atomic mass is 16.8. The van der Waals surface area contributed by atoms with Crippen LogP contribution in [0.1, 0.15) is 43.2 Å². The Balaban J connectivity index is 1.53. The molecule has 4 rings (SSSR count). The number of methoxy groups -OCH3 is 1. The molecule has 1 aliphatic carbocycles. The van der Waals surface area contributed by atoms with E-state index in [9.17, 15) is 9.59 Å². The van der Waals surface area contributed by atoms with Crippen molar-refractivity contribution in [1.29, 1.82) is 5.26 Å². The maximum atomic E-state index is 12.8. The molecule has 1 aliphatic heterocycles. The van der Waals surface area contributed by atoms with E-state index in [-0.39, 0.29) is 6.54 Å². The third-order valence-corrected chi connectivity index (χ3v) is 5.61. The molecule has 0 aromatic heterocycles. The van der Waals surface area contributed by atoms with E-state index in [1.54, 1.807) is 55.6 Å². The summed E-state index contributed by atoms with van der Waals surface area (Å²) in [6, 6.07) is 15.8. The summed E-state index contributed by atoms with van der Waals surface area (Å²) >= 11 is 0. The molecular weight excluding hydrogens is 412 g/mol. The number of amides is 2. The second-order valence-corrected chi connectivity index (χ2v) is 7.75. The number of nitriles is 1. The zero-order valence-electron chi connectivity index (χ0n) is 17.7. The smallest absolute Gasteiger partial charge is 0.432 e. The number of carbonyl (C=O) groups is 2. The van der Waals surface area contributed by atoms with Crippen LogP contribution in [0.3, 0.4) is 0 Å². The first-order valence-electron chi connectivity index (χ1n) is 10.5. The fraction of sp³-hybridized carbons (Fsp3) is 0.348. The molecule has 1 N–H and O–H groups in total. The van der Waals surface area contributed by atoms with Gasteiger partial charge in [0.15, 0.2) is 0 Å². The molecule has 2 aliphatic rings. The Morgan fingerprint density at radius 2 is 1.81 bits per heavy atom. The van der Waals surface area contributed by atoms with Crippen LogP contribution in [0, 0.1) is 11.3 Å². The number of benzene rings is 2. The minimum absolute atomic E-state index is 0.141. The van der Waals surface area contributed by atoms with Crippen molar-refractivity contribution in [3.05, 3.63) is 59.7 Å². The van der Waals surface area contributed by atoms with Crippen LogP contribution < -0.4 is 10.1 Å². The van der Waals surface area contributed by atoms with Crippen molar-refractivity contribution in [2.45, 2.75) is 44.4 Å². The van der Waals surface area contributed by atoms with E-state index < -0.39 is 17.9 Å². The molecule has 0 radical (unpaired) electrons. The largest absolute Gasteiger partial charge is 0.497 e. The monoisotopic (exact) mass is 436 g/mol. The number of rotatable bonds is 5. The molecule has 1 spiro atoms. The average Bonchev–Trinajstić information content (AvgIpc) is 3.05. The van der Waals surface area contributed by atoms with Gasteiger partial charge in [-0.05, 0) is 54.8 Å². The Kier molecular flexibility index (Phi) is 6.14. The van der Waals surface area contributed by atoms with Crippen molar-refractivity contribution in [2.24, 2.45) is 0 Å². The molecule has 1 saturated carbocycles. The molecule has 166 valence electrons. The van der Waals surface area contributed by atoms with E-state index in [1.165, 1.54) is 10.2 Å². The maximum Gasteiger partial charge on any atom is 0.432 e. The van der Waals surface area contributed by atoms with Gasteiger partial charge in [-0.1, -0.05) is 18.6 Å². The lowest BCUT2D eigenvalue weighted by Crippen LogP contribution is -2.52. The van der Waals surface area contributed by atoms with E-state index >= 15 is 0 Å². The molecule has 0 unspecified atom stereocenters.